The Morgan fingerprint density at radius 2 is 2.00 bits per heavy atom. The fourth-order valence-corrected chi connectivity index (χ4v) is 2.42. The van der Waals surface area contributed by atoms with Gasteiger partial charge < -0.3 is 10.0 Å². The smallest absolute Gasteiger partial charge is 0.117 e. The van der Waals surface area contributed by atoms with Gasteiger partial charge in [0.2, 0.25) is 0 Å². The van der Waals surface area contributed by atoms with Crippen molar-refractivity contribution in [3.05, 3.63) is 52.5 Å². The molecule has 2 aromatic carbocycles. The van der Waals surface area contributed by atoms with Crippen LogP contribution in [0.3, 0.4) is 0 Å². The molecule has 2 aromatic rings. The van der Waals surface area contributed by atoms with Crippen molar-refractivity contribution in [3.8, 4) is 11.8 Å². The lowest BCUT2D eigenvalue weighted by atomic mass is 10.1. The number of benzene rings is 2. The zero-order valence-corrected chi connectivity index (χ0v) is 12.1. The Hall–Kier alpha value is -2.18. The van der Waals surface area contributed by atoms with Crippen LogP contribution in [-0.4, -0.2) is 11.7 Å². The first-order valence-electron chi connectivity index (χ1n) is 6.34. The van der Waals surface area contributed by atoms with Crippen molar-refractivity contribution in [2.75, 3.05) is 11.4 Å². The molecule has 0 unspecified atom stereocenters. The van der Waals surface area contributed by atoms with Crippen LogP contribution in [0.15, 0.2) is 36.4 Å². The number of nitriles is 1. The summed E-state index contributed by atoms with van der Waals surface area (Å²) in [5.74, 6) is 0.199. The predicted molar refractivity (Wildman–Crippen MR) is 81.7 cm³/mol. The van der Waals surface area contributed by atoms with Gasteiger partial charge in [0.15, 0.2) is 0 Å². The van der Waals surface area contributed by atoms with Crippen molar-refractivity contribution in [1.29, 1.82) is 5.26 Å². The highest BCUT2D eigenvalue weighted by atomic mass is 35.5. The van der Waals surface area contributed by atoms with E-state index in [4.69, 9.17) is 11.6 Å². The van der Waals surface area contributed by atoms with E-state index in [0.717, 1.165) is 16.9 Å². The van der Waals surface area contributed by atoms with Gasteiger partial charge in [0.25, 0.3) is 0 Å². The van der Waals surface area contributed by atoms with Gasteiger partial charge in [-0.15, -0.1) is 0 Å². The molecule has 3 nitrogen and oxygen atoms in total. The first-order valence-corrected chi connectivity index (χ1v) is 6.72. The van der Waals surface area contributed by atoms with Crippen LogP contribution in [-0.2, 0) is 0 Å². The highest BCUT2D eigenvalue weighted by Gasteiger charge is 2.16. The van der Waals surface area contributed by atoms with Gasteiger partial charge in [-0.3, -0.25) is 0 Å². The molecule has 0 aromatic heterocycles. The van der Waals surface area contributed by atoms with Crippen LogP contribution >= 0.6 is 11.6 Å². The average molecular weight is 287 g/mol. The van der Waals surface area contributed by atoms with E-state index in [1.807, 2.05) is 36.9 Å². The van der Waals surface area contributed by atoms with Crippen molar-refractivity contribution in [2.45, 2.75) is 13.8 Å². The van der Waals surface area contributed by atoms with Crippen molar-refractivity contribution < 1.29 is 5.11 Å². The van der Waals surface area contributed by atoms with E-state index >= 15 is 0 Å². The fourth-order valence-electron chi connectivity index (χ4n) is 2.21. The Kier molecular flexibility index (Phi) is 4.16. The third-order valence-electron chi connectivity index (χ3n) is 3.19. The zero-order valence-electron chi connectivity index (χ0n) is 11.4. The topological polar surface area (TPSA) is 47.3 Å². The molecular formula is C16H15ClN2O. The number of rotatable bonds is 3. The summed E-state index contributed by atoms with van der Waals surface area (Å²) in [7, 11) is 0. The van der Waals surface area contributed by atoms with E-state index in [2.05, 4.69) is 6.07 Å². The highest BCUT2D eigenvalue weighted by molar-refractivity contribution is 6.32. The average Bonchev–Trinajstić information content (AvgIpc) is 2.44. The van der Waals surface area contributed by atoms with Crippen molar-refractivity contribution in [1.82, 2.24) is 0 Å². The van der Waals surface area contributed by atoms with Gasteiger partial charge in [-0.1, -0.05) is 23.7 Å². The fraction of sp³-hybridized carbons (Fsp3) is 0.188. The number of hydrogen-bond donors (Lipinski definition) is 1. The molecule has 20 heavy (non-hydrogen) atoms. The maximum Gasteiger partial charge on any atom is 0.117 e. The number of aromatic hydroxyl groups is 1. The van der Waals surface area contributed by atoms with Gasteiger partial charge in [0.1, 0.15) is 11.8 Å². The minimum atomic E-state index is 0.199. The normalized spacial score (nSPS) is 10.1. The molecule has 102 valence electrons. The third-order valence-corrected chi connectivity index (χ3v) is 3.51. The maximum absolute atomic E-state index is 9.69. The van der Waals surface area contributed by atoms with Crippen LogP contribution in [0, 0.1) is 18.3 Å². The molecule has 2 rings (SSSR count). The van der Waals surface area contributed by atoms with Crippen molar-refractivity contribution in [3.63, 3.8) is 0 Å². The van der Waals surface area contributed by atoms with Crippen LogP contribution in [0.25, 0.3) is 0 Å². The molecule has 0 spiro atoms. The Balaban J connectivity index is 2.62. The summed E-state index contributed by atoms with van der Waals surface area (Å²) in [5, 5.41) is 19.4. The van der Waals surface area contributed by atoms with Crippen LogP contribution in [0.1, 0.15) is 18.1 Å². The van der Waals surface area contributed by atoms with E-state index in [1.165, 1.54) is 0 Å². The molecule has 4 heteroatoms. The highest BCUT2D eigenvalue weighted by Crippen LogP contribution is 2.35. The summed E-state index contributed by atoms with van der Waals surface area (Å²) in [6.45, 7) is 4.62. The number of halogens is 1. The number of hydrogen-bond acceptors (Lipinski definition) is 3. The second kappa shape index (κ2) is 5.85. The van der Waals surface area contributed by atoms with E-state index in [-0.39, 0.29) is 5.75 Å². The zero-order chi connectivity index (χ0) is 14.7. The van der Waals surface area contributed by atoms with Crippen molar-refractivity contribution >= 4 is 23.0 Å². The molecule has 0 bridgehead atoms. The number of aryl methyl sites for hydroxylation is 1. The second-order valence-corrected chi connectivity index (χ2v) is 4.87. The first-order chi connectivity index (χ1) is 9.58. The Morgan fingerprint density at radius 1 is 1.25 bits per heavy atom. The minimum Gasteiger partial charge on any atom is -0.508 e. The monoisotopic (exact) mass is 286 g/mol. The van der Waals surface area contributed by atoms with Crippen LogP contribution in [0.5, 0.6) is 5.75 Å². The van der Waals surface area contributed by atoms with Crippen LogP contribution < -0.4 is 4.90 Å². The van der Waals surface area contributed by atoms with E-state index in [9.17, 15) is 10.4 Å². The molecule has 0 saturated heterocycles. The van der Waals surface area contributed by atoms with Gasteiger partial charge in [0.05, 0.1) is 16.3 Å². The predicted octanol–water partition coefficient (Wildman–Crippen LogP) is 4.38. The molecule has 0 atom stereocenters. The summed E-state index contributed by atoms with van der Waals surface area (Å²) >= 11 is 6.09. The van der Waals surface area contributed by atoms with Gasteiger partial charge >= 0.3 is 0 Å². The number of phenolic OH excluding ortho intramolecular Hbond substituents is 1. The second-order valence-electron chi connectivity index (χ2n) is 4.46. The summed E-state index contributed by atoms with van der Waals surface area (Å²) in [5.41, 5.74) is 3.08. The molecule has 0 saturated carbocycles. The maximum atomic E-state index is 9.69. The number of anilines is 2. The van der Waals surface area contributed by atoms with Crippen molar-refractivity contribution in [2.24, 2.45) is 0 Å². The first kappa shape index (κ1) is 14.2. The Morgan fingerprint density at radius 3 is 2.65 bits per heavy atom. The third kappa shape index (κ3) is 2.56. The van der Waals surface area contributed by atoms with E-state index in [1.54, 1.807) is 18.2 Å². The lowest BCUT2D eigenvalue weighted by Gasteiger charge is -2.26. The molecule has 0 aliphatic carbocycles. The van der Waals surface area contributed by atoms with Crippen LogP contribution in [0.2, 0.25) is 5.02 Å². The SMILES string of the molecule is CCN(c1cc(O)ccc1C)c1cccc(Cl)c1C#N. The molecule has 0 fully saturated rings. The summed E-state index contributed by atoms with van der Waals surface area (Å²) in [6.07, 6.45) is 0. The van der Waals surface area contributed by atoms with Gasteiger partial charge in [-0.2, -0.15) is 5.26 Å². The summed E-state index contributed by atoms with van der Waals surface area (Å²) in [6, 6.07) is 12.7. The Bertz CT molecular complexity index is 677. The lowest BCUT2D eigenvalue weighted by Crippen LogP contribution is -2.18. The molecule has 0 heterocycles. The molecule has 1 N–H and O–H groups in total. The number of nitrogens with zero attached hydrogens (tertiary/aromatic N) is 2. The number of phenols is 1. The van der Waals surface area contributed by atoms with E-state index in [0.29, 0.717) is 17.1 Å². The van der Waals surface area contributed by atoms with Gasteiger partial charge in [-0.25, -0.2) is 0 Å². The summed E-state index contributed by atoms with van der Waals surface area (Å²) in [4.78, 5) is 1.97. The largest absolute Gasteiger partial charge is 0.508 e. The molecule has 0 aliphatic heterocycles. The summed E-state index contributed by atoms with van der Waals surface area (Å²) < 4.78 is 0. The Labute approximate surface area is 123 Å². The molecular weight excluding hydrogens is 272 g/mol. The van der Waals surface area contributed by atoms with Crippen LogP contribution in [0.4, 0.5) is 11.4 Å². The lowest BCUT2D eigenvalue weighted by molar-refractivity contribution is 0.475. The van der Waals surface area contributed by atoms with E-state index < -0.39 is 0 Å². The quantitative estimate of drug-likeness (QED) is 0.910. The van der Waals surface area contributed by atoms with Gasteiger partial charge in [0, 0.05) is 18.3 Å². The standard InChI is InChI=1S/C16H15ClN2O/c1-3-19(16-9-12(20)8-7-11(16)2)15-6-4-5-14(17)13(15)10-18/h4-9,20H,3H2,1-2H3. The molecule has 0 amide bonds. The minimum absolute atomic E-state index is 0.199. The molecule has 0 aliphatic rings. The van der Waals surface area contributed by atoms with Gasteiger partial charge in [-0.05, 0) is 37.6 Å². The molecule has 0 radical (unpaired) electrons.